The molecule has 0 N–H and O–H groups in total. The van der Waals surface area contributed by atoms with Crippen molar-refractivity contribution in [3.63, 3.8) is 0 Å². The van der Waals surface area contributed by atoms with Crippen LogP contribution in [0, 0.1) is 0 Å². The highest BCUT2D eigenvalue weighted by molar-refractivity contribution is 7.87. The first-order chi connectivity index (χ1) is 4.86. The summed E-state index contributed by atoms with van der Waals surface area (Å²) in [4.78, 5) is 0. The van der Waals surface area contributed by atoms with Crippen molar-refractivity contribution in [2.75, 3.05) is 6.26 Å². The molecule has 0 spiro atoms. The second-order valence-corrected chi connectivity index (χ2v) is 4.14. The van der Waals surface area contributed by atoms with Crippen LogP contribution in [0.25, 0.3) is 0 Å². The third-order valence-electron chi connectivity index (χ3n) is 2.16. The van der Waals surface area contributed by atoms with Gasteiger partial charge >= 0.3 is 11.5 Å². The fourth-order valence-electron chi connectivity index (χ4n) is 1.65. The highest BCUT2D eigenvalue weighted by atomic mass is 32.2. The van der Waals surface area contributed by atoms with Gasteiger partial charge in [0.2, 0.25) is 0 Å². The van der Waals surface area contributed by atoms with Crippen LogP contribution in [0.3, 0.4) is 0 Å². The molecule has 0 aromatic carbocycles. The van der Waals surface area contributed by atoms with Crippen molar-refractivity contribution in [2.45, 2.75) is 37.9 Å². The van der Waals surface area contributed by atoms with Gasteiger partial charge in [0, 0.05) is 0 Å². The minimum Gasteiger partial charge on any atom is -0.135 e. The van der Waals surface area contributed by atoms with Crippen molar-refractivity contribution >= 4 is 11.5 Å². The molecule has 0 amide bonds. The predicted octanol–water partition coefficient (Wildman–Crippen LogP) is 1.42. The lowest BCUT2D eigenvalue weighted by atomic mass is 9.95. The van der Waals surface area contributed by atoms with Crippen LogP contribution in [0.15, 0.2) is 0 Å². The van der Waals surface area contributed by atoms with E-state index in [0.29, 0.717) is 12.2 Å². The van der Waals surface area contributed by atoms with Gasteiger partial charge in [-0.15, -0.1) is 8.37 Å². The van der Waals surface area contributed by atoms with E-state index in [0.717, 1.165) is 0 Å². The predicted molar refractivity (Wildman–Crippen MR) is 41.5 cm³/mol. The number of fused-ring (bicyclic) bond motifs is 1. The average Bonchev–Trinajstić information content (AvgIpc) is 2.27. The van der Waals surface area contributed by atoms with Crippen LogP contribution in [0.5, 0.6) is 0 Å². The van der Waals surface area contributed by atoms with Crippen LogP contribution in [0.1, 0.15) is 25.7 Å². The van der Waals surface area contributed by atoms with Crippen LogP contribution < -0.4 is 0 Å². The maximum Gasteiger partial charge on any atom is 0.312 e. The molecular weight excluding hydrogens is 148 g/mol. The molecule has 0 aromatic rings. The van der Waals surface area contributed by atoms with E-state index in [1.807, 2.05) is 6.26 Å². The summed E-state index contributed by atoms with van der Waals surface area (Å²) >= 11 is -0.193. The molecule has 2 atom stereocenters. The Kier molecular flexibility index (Phi) is 1.89. The molecule has 1 heterocycles. The van der Waals surface area contributed by atoms with Gasteiger partial charge in [-0.05, 0) is 12.8 Å². The Morgan fingerprint density at radius 3 is 2.10 bits per heavy atom. The van der Waals surface area contributed by atoms with Crippen molar-refractivity contribution in [3.8, 4) is 0 Å². The van der Waals surface area contributed by atoms with E-state index in [9.17, 15) is 0 Å². The highest BCUT2D eigenvalue weighted by Crippen LogP contribution is 2.32. The smallest absolute Gasteiger partial charge is 0.135 e. The normalized spacial score (nSPS) is 47.1. The molecule has 10 heavy (non-hydrogen) atoms. The Morgan fingerprint density at radius 1 is 1.10 bits per heavy atom. The lowest BCUT2D eigenvalue weighted by molar-refractivity contribution is 0.110. The molecule has 1 saturated carbocycles. The summed E-state index contributed by atoms with van der Waals surface area (Å²) in [6.07, 6.45) is 7.94. The summed E-state index contributed by atoms with van der Waals surface area (Å²) < 4.78 is 11.1. The van der Waals surface area contributed by atoms with E-state index >= 15 is 0 Å². The zero-order valence-electron chi connectivity index (χ0n) is 6.21. The first-order valence-corrected chi connectivity index (χ1v) is 5.35. The Hall–Kier alpha value is 0.270. The Morgan fingerprint density at radius 2 is 1.60 bits per heavy atom. The second-order valence-electron chi connectivity index (χ2n) is 2.96. The third-order valence-corrected chi connectivity index (χ3v) is 3.20. The standard InChI is InChI=1S/C7H13O2S/c1-10-8-6-4-2-3-5-7(6)9-10/h6-7H,2-5H2,1H3/q+1. The zero-order chi connectivity index (χ0) is 6.97. The number of rotatable bonds is 0. The van der Waals surface area contributed by atoms with Gasteiger partial charge in [0.15, 0.2) is 6.26 Å². The molecule has 0 aromatic heterocycles. The number of hydrogen-bond acceptors (Lipinski definition) is 2. The van der Waals surface area contributed by atoms with E-state index in [-0.39, 0.29) is 11.5 Å². The molecular formula is C7H13O2S+. The van der Waals surface area contributed by atoms with Gasteiger partial charge in [-0.3, -0.25) is 0 Å². The largest absolute Gasteiger partial charge is 0.312 e. The van der Waals surface area contributed by atoms with Gasteiger partial charge < -0.3 is 0 Å². The molecule has 1 saturated heterocycles. The van der Waals surface area contributed by atoms with Crippen LogP contribution in [-0.2, 0) is 19.8 Å². The van der Waals surface area contributed by atoms with Crippen molar-refractivity contribution in [3.05, 3.63) is 0 Å². The van der Waals surface area contributed by atoms with E-state index < -0.39 is 0 Å². The molecule has 2 fully saturated rings. The molecule has 1 aliphatic carbocycles. The Bertz CT molecular complexity index is 115. The zero-order valence-corrected chi connectivity index (χ0v) is 7.02. The molecule has 2 unspecified atom stereocenters. The average molecular weight is 161 g/mol. The summed E-state index contributed by atoms with van der Waals surface area (Å²) in [5.41, 5.74) is 0. The highest BCUT2D eigenvalue weighted by Gasteiger charge is 2.44. The van der Waals surface area contributed by atoms with E-state index in [1.165, 1.54) is 25.7 Å². The first kappa shape index (κ1) is 6.95. The lowest BCUT2D eigenvalue weighted by Gasteiger charge is -2.15. The minimum atomic E-state index is -0.193. The van der Waals surface area contributed by atoms with E-state index in [2.05, 4.69) is 0 Å². The van der Waals surface area contributed by atoms with Crippen molar-refractivity contribution in [1.29, 1.82) is 0 Å². The summed E-state index contributed by atoms with van der Waals surface area (Å²) in [7, 11) is 0. The van der Waals surface area contributed by atoms with Crippen LogP contribution in [0.4, 0.5) is 0 Å². The van der Waals surface area contributed by atoms with Crippen LogP contribution in [0.2, 0.25) is 0 Å². The molecule has 3 heteroatoms. The molecule has 0 bridgehead atoms. The van der Waals surface area contributed by atoms with Gasteiger partial charge in [0.05, 0.1) is 0 Å². The van der Waals surface area contributed by atoms with Crippen molar-refractivity contribution in [1.82, 2.24) is 0 Å². The molecule has 2 nitrogen and oxygen atoms in total. The SMILES string of the molecule is C[S+]1OC2CCCCC2O1. The minimum absolute atomic E-state index is 0.193. The fraction of sp³-hybridized carbons (Fsp3) is 1.00. The first-order valence-electron chi connectivity index (χ1n) is 3.86. The van der Waals surface area contributed by atoms with Crippen molar-refractivity contribution < 1.29 is 8.37 Å². The molecule has 2 aliphatic rings. The summed E-state index contributed by atoms with van der Waals surface area (Å²) in [6.45, 7) is 0. The van der Waals surface area contributed by atoms with Crippen LogP contribution >= 0.6 is 0 Å². The van der Waals surface area contributed by atoms with Gasteiger partial charge in [-0.25, -0.2) is 0 Å². The Balaban J connectivity index is 1.97. The second kappa shape index (κ2) is 2.72. The van der Waals surface area contributed by atoms with Gasteiger partial charge in [0.25, 0.3) is 0 Å². The van der Waals surface area contributed by atoms with Gasteiger partial charge in [-0.1, -0.05) is 12.8 Å². The lowest BCUT2D eigenvalue weighted by Crippen LogP contribution is -2.25. The van der Waals surface area contributed by atoms with Gasteiger partial charge in [0.1, 0.15) is 12.2 Å². The quantitative estimate of drug-likeness (QED) is 0.500. The van der Waals surface area contributed by atoms with E-state index in [4.69, 9.17) is 8.37 Å². The van der Waals surface area contributed by atoms with E-state index in [1.54, 1.807) is 0 Å². The summed E-state index contributed by atoms with van der Waals surface area (Å²) in [5, 5.41) is 0. The summed E-state index contributed by atoms with van der Waals surface area (Å²) in [6, 6.07) is 0. The fourth-order valence-corrected chi connectivity index (χ4v) is 2.84. The monoisotopic (exact) mass is 161 g/mol. The van der Waals surface area contributed by atoms with Crippen molar-refractivity contribution in [2.24, 2.45) is 0 Å². The van der Waals surface area contributed by atoms with Crippen LogP contribution in [-0.4, -0.2) is 18.5 Å². The molecule has 58 valence electrons. The third kappa shape index (κ3) is 1.18. The maximum absolute atomic E-state index is 5.57. The van der Waals surface area contributed by atoms with Gasteiger partial charge in [-0.2, -0.15) is 0 Å². The number of hydrogen-bond donors (Lipinski definition) is 0. The topological polar surface area (TPSA) is 18.5 Å². The molecule has 0 radical (unpaired) electrons. The summed E-state index contributed by atoms with van der Waals surface area (Å²) in [5.74, 6) is 0. The molecule has 2 rings (SSSR count). The Labute approximate surface area is 64.7 Å². The molecule has 1 aliphatic heterocycles. The maximum atomic E-state index is 5.57.